The molecule has 0 saturated carbocycles. The van der Waals surface area contributed by atoms with Crippen LogP contribution in [0.5, 0.6) is 0 Å². The topological polar surface area (TPSA) is 78.0 Å². The highest BCUT2D eigenvalue weighted by Crippen LogP contribution is 2.15. The Hall–Kier alpha value is -1.93. The van der Waals surface area contributed by atoms with Crippen molar-refractivity contribution in [1.29, 1.82) is 0 Å². The van der Waals surface area contributed by atoms with E-state index in [1.807, 2.05) is 17.0 Å². The first-order valence-corrected chi connectivity index (χ1v) is 13.6. The van der Waals surface area contributed by atoms with Crippen molar-refractivity contribution in [2.24, 2.45) is 0 Å². The maximum absolute atomic E-state index is 12.4. The largest absolute Gasteiger partial charge is 0.341 e. The van der Waals surface area contributed by atoms with E-state index in [1.54, 1.807) is 17.0 Å². The van der Waals surface area contributed by atoms with Gasteiger partial charge in [-0.05, 0) is 69.8 Å². The predicted molar refractivity (Wildman–Crippen MR) is 127 cm³/mol. The first kappa shape index (κ1) is 26.3. The van der Waals surface area contributed by atoms with Gasteiger partial charge >= 0.3 is 0 Å². The highest BCUT2D eigenvalue weighted by atomic mass is 32.2. The third kappa shape index (κ3) is 8.20. The fourth-order valence-corrected chi connectivity index (χ4v) is 4.86. The van der Waals surface area contributed by atoms with Gasteiger partial charge in [0.1, 0.15) is 0 Å². The summed E-state index contributed by atoms with van der Waals surface area (Å²) in [6.07, 6.45) is 5.96. The van der Waals surface area contributed by atoms with E-state index < -0.39 is 9.84 Å². The summed E-state index contributed by atoms with van der Waals surface area (Å²) in [7, 11) is -3.17. The molecule has 0 radical (unpaired) electrons. The fourth-order valence-electron chi connectivity index (χ4n) is 4.23. The van der Waals surface area contributed by atoms with Crippen LogP contribution in [0.2, 0.25) is 0 Å². The normalized spacial score (nSPS) is 16.3. The van der Waals surface area contributed by atoms with E-state index in [1.165, 1.54) is 13.2 Å². The molecule has 0 bridgehead atoms. The van der Waals surface area contributed by atoms with Crippen LogP contribution in [-0.4, -0.2) is 86.5 Å². The van der Waals surface area contributed by atoms with Crippen molar-refractivity contribution in [3.05, 3.63) is 29.8 Å². The van der Waals surface area contributed by atoms with Gasteiger partial charge in [-0.1, -0.05) is 19.1 Å². The van der Waals surface area contributed by atoms with E-state index in [2.05, 4.69) is 18.7 Å². The van der Waals surface area contributed by atoms with Crippen molar-refractivity contribution < 1.29 is 18.0 Å². The van der Waals surface area contributed by atoms with Crippen molar-refractivity contribution in [1.82, 2.24) is 14.7 Å². The second-order valence-electron chi connectivity index (χ2n) is 8.89. The van der Waals surface area contributed by atoms with E-state index in [9.17, 15) is 18.0 Å². The molecule has 32 heavy (non-hydrogen) atoms. The molecule has 1 aliphatic heterocycles. The molecule has 1 fully saturated rings. The number of hydrogen-bond donors (Lipinski definition) is 0. The van der Waals surface area contributed by atoms with Gasteiger partial charge in [-0.2, -0.15) is 0 Å². The molecule has 7 nitrogen and oxygen atoms in total. The van der Waals surface area contributed by atoms with Crippen molar-refractivity contribution in [3.63, 3.8) is 0 Å². The molecule has 0 aliphatic carbocycles. The van der Waals surface area contributed by atoms with Crippen molar-refractivity contribution in [2.45, 2.75) is 63.8 Å². The number of benzene rings is 1. The molecule has 1 aromatic rings. The Morgan fingerprint density at radius 1 is 1.12 bits per heavy atom. The zero-order valence-electron chi connectivity index (χ0n) is 20.0. The second-order valence-corrected chi connectivity index (χ2v) is 10.9. The molecule has 1 aromatic carbocycles. The van der Waals surface area contributed by atoms with Gasteiger partial charge in [0, 0.05) is 38.9 Å². The molecule has 2 amide bonds. The van der Waals surface area contributed by atoms with Crippen LogP contribution in [0, 0.1) is 0 Å². The first-order chi connectivity index (χ1) is 15.1. The van der Waals surface area contributed by atoms with Crippen LogP contribution in [0.25, 0.3) is 0 Å². The number of carbonyl (C=O) groups excluding carboxylic acids is 2. The zero-order valence-corrected chi connectivity index (χ0v) is 20.9. The van der Waals surface area contributed by atoms with Gasteiger partial charge in [0.15, 0.2) is 9.84 Å². The van der Waals surface area contributed by atoms with Crippen LogP contribution in [0.15, 0.2) is 29.2 Å². The third-order valence-electron chi connectivity index (χ3n) is 6.12. The zero-order chi connectivity index (χ0) is 23.7. The second kappa shape index (κ2) is 12.3. The number of amides is 2. The summed E-state index contributed by atoms with van der Waals surface area (Å²) in [4.78, 5) is 30.4. The lowest BCUT2D eigenvalue weighted by atomic mass is 10.1. The summed E-state index contributed by atoms with van der Waals surface area (Å²) in [5.41, 5.74) is 1.14. The third-order valence-corrected chi connectivity index (χ3v) is 7.25. The van der Waals surface area contributed by atoms with E-state index in [0.29, 0.717) is 17.5 Å². The lowest BCUT2D eigenvalue weighted by Gasteiger charge is -2.29. The summed E-state index contributed by atoms with van der Waals surface area (Å²) in [6.45, 7) is 10.2. The molecule has 1 saturated heterocycles. The molecule has 0 N–H and O–H groups in total. The van der Waals surface area contributed by atoms with Crippen molar-refractivity contribution in [2.75, 3.05) is 45.5 Å². The Morgan fingerprint density at radius 3 is 2.41 bits per heavy atom. The monoisotopic (exact) mass is 465 g/mol. The van der Waals surface area contributed by atoms with Gasteiger partial charge in [-0.3, -0.25) is 9.59 Å². The van der Waals surface area contributed by atoms with E-state index in [4.69, 9.17) is 0 Å². The molecule has 1 atom stereocenters. The molecule has 2 rings (SSSR count). The Kier molecular flexibility index (Phi) is 10.2. The van der Waals surface area contributed by atoms with Gasteiger partial charge in [0.2, 0.25) is 11.8 Å². The molecular weight excluding hydrogens is 426 g/mol. The molecule has 0 aromatic heterocycles. The smallest absolute Gasteiger partial charge is 0.242 e. The molecule has 0 spiro atoms. The number of hydrogen-bond acceptors (Lipinski definition) is 5. The molecule has 8 heteroatoms. The molecule has 1 aliphatic rings. The summed E-state index contributed by atoms with van der Waals surface area (Å²) in [6, 6.07) is 7.54. The van der Waals surface area contributed by atoms with Crippen LogP contribution in [0.4, 0.5) is 0 Å². The molecule has 1 unspecified atom stereocenters. The lowest BCUT2D eigenvalue weighted by Crippen LogP contribution is -2.39. The number of rotatable bonds is 11. The Morgan fingerprint density at radius 2 is 1.81 bits per heavy atom. The number of sulfone groups is 1. The predicted octanol–water partition coefficient (Wildman–Crippen LogP) is 2.59. The highest BCUT2D eigenvalue weighted by Gasteiger charge is 2.22. The summed E-state index contributed by atoms with van der Waals surface area (Å²) < 4.78 is 23.3. The minimum Gasteiger partial charge on any atom is -0.341 e. The Balaban J connectivity index is 1.82. The lowest BCUT2D eigenvalue weighted by molar-refractivity contribution is -0.137. The summed E-state index contributed by atoms with van der Waals surface area (Å²) in [5, 5.41) is 0. The number of unbranched alkanes of at least 4 members (excludes halogenated alkanes) is 1. The average Bonchev–Trinajstić information content (AvgIpc) is 2.91. The van der Waals surface area contributed by atoms with Crippen LogP contribution >= 0.6 is 0 Å². The molecule has 180 valence electrons. The number of carbonyl (C=O) groups is 2. The maximum Gasteiger partial charge on any atom is 0.242 e. The average molecular weight is 466 g/mol. The van der Waals surface area contributed by atoms with Gasteiger partial charge in [0.05, 0.1) is 11.4 Å². The minimum atomic E-state index is -3.17. The van der Waals surface area contributed by atoms with Crippen LogP contribution in [0.1, 0.15) is 52.0 Å². The van der Waals surface area contributed by atoms with E-state index >= 15 is 0 Å². The Labute approximate surface area is 193 Å². The van der Waals surface area contributed by atoms with Gasteiger partial charge < -0.3 is 14.7 Å². The van der Waals surface area contributed by atoms with Crippen LogP contribution < -0.4 is 0 Å². The van der Waals surface area contributed by atoms with E-state index in [0.717, 1.165) is 63.8 Å². The molecular formula is C24H39N3O4S. The van der Waals surface area contributed by atoms with Gasteiger partial charge in [-0.25, -0.2) is 8.42 Å². The molecule has 1 heterocycles. The Bertz CT molecular complexity index is 855. The van der Waals surface area contributed by atoms with Gasteiger partial charge in [0.25, 0.3) is 0 Å². The first-order valence-electron chi connectivity index (χ1n) is 11.7. The van der Waals surface area contributed by atoms with Crippen LogP contribution in [0.3, 0.4) is 0 Å². The quantitative estimate of drug-likeness (QED) is 0.470. The SMILES string of the molecule is CCCN(CCCCN1CCCN(C(C)=O)CC1=O)C(C)Cc1ccc(S(C)(=O)=O)cc1. The highest BCUT2D eigenvalue weighted by molar-refractivity contribution is 7.90. The standard InChI is InChI=1S/C24H39N3O4S/c1-5-13-25(20(2)18-22-9-11-23(12-10-22)32(4,30)31)14-6-7-15-26-16-8-17-27(21(3)28)19-24(26)29/h9-12,20H,5-8,13-19H2,1-4H3. The summed E-state index contributed by atoms with van der Waals surface area (Å²) >= 11 is 0. The van der Waals surface area contributed by atoms with Gasteiger partial charge in [-0.15, -0.1) is 0 Å². The fraction of sp³-hybridized carbons (Fsp3) is 0.667. The van der Waals surface area contributed by atoms with Crippen molar-refractivity contribution in [3.8, 4) is 0 Å². The van der Waals surface area contributed by atoms with Crippen LogP contribution in [-0.2, 0) is 25.8 Å². The summed E-state index contributed by atoms with van der Waals surface area (Å²) in [5.74, 6) is 0.0179. The van der Waals surface area contributed by atoms with E-state index in [-0.39, 0.29) is 18.4 Å². The maximum atomic E-state index is 12.4. The van der Waals surface area contributed by atoms with Crippen molar-refractivity contribution >= 4 is 21.7 Å². The minimum absolute atomic E-state index is 0.0321. The number of nitrogens with zero attached hydrogens (tertiary/aromatic N) is 3.